The van der Waals surface area contributed by atoms with Crippen LogP contribution in [0.25, 0.3) is 22.4 Å². The Hall–Kier alpha value is -3.22. The van der Waals surface area contributed by atoms with Crippen LogP contribution >= 0.6 is 0 Å². The van der Waals surface area contributed by atoms with Crippen molar-refractivity contribution in [3.8, 4) is 28.1 Å². The minimum atomic E-state index is -0.142. The van der Waals surface area contributed by atoms with E-state index in [9.17, 15) is 9.90 Å². The fourth-order valence-corrected chi connectivity index (χ4v) is 3.73. The van der Waals surface area contributed by atoms with E-state index in [0.29, 0.717) is 12.1 Å². The van der Waals surface area contributed by atoms with Gasteiger partial charge in [0.1, 0.15) is 5.75 Å². The molecular formula is C25H27N3O3. The Morgan fingerprint density at radius 3 is 2.61 bits per heavy atom. The molecule has 3 aromatic rings. The highest BCUT2D eigenvalue weighted by Gasteiger charge is 2.15. The summed E-state index contributed by atoms with van der Waals surface area (Å²) in [5.41, 5.74) is 5.19. The zero-order chi connectivity index (χ0) is 21.6. The van der Waals surface area contributed by atoms with Crippen LogP contribution in [-0.2, 0) is 4.74 Å². The fraction of sp³-hybridized carbons (Fsp3) is 0.280. The second-order valence-electron chi connectivity index (χ2n) is 7.75. The van der Waals surface area contributed by atoms with E-state index >= 15 is 0 Å². The second-order valence-corrected chi connectivity index (χ2v) is 7.75. The van der Waals surface area contributed by atoms with Crippen LogP contribution < -0.4 is 5.32 Å². The number of carbonyl (C=O) groups is 1. The molecule has 0 spiro atoms. The number of nitrogens with zero attached hydrogens (tertiary/aromatic N) is 2. The third-order valence-electron chi connectivity index (χ3n) is 5.44. The Kier molecular flexibility index (Phi) is 6.60. The highest BCUT2D eigenvalue weighted by atomic mass is 16.5. The van der Waals surface area contributed by atoms with Crippen LogP contribution in [0.4, 0.5) is 0 Å². The molecule has 0 radical (unpaired) electrons. The highest BCUT2D eigenvalue weighted by Crippen LogP contribution is 2.32. The molecule has 2 heterocycles. The van der Waals surface area contributed by atoms with Crippen molar-refractivity contribution in [3.05, 3.63) is 71.9 Å². The Bertz CT molecular complexity index is 1040. The molecule has 31 heavy (non-hydrogen) atoms. The summed E-state index contributed by atoms with van der Waals surface area (Å²) in [6, 6.07) is 17.0. The van der Waals surface area contributed by atoms with Gasteiger partial charge in [0.25, 0.3) is 5.91 Å². The molecular weight excluding hydrogens is 390 g/mol. The quantitative estimate of drug-likeness (QED) is 0.642. The summed E-state index contributed by atoms with van der Waals surface area (Å²) in [6.45, 7) is 6.70. The van der Waals surface area contributed by atoms with Gasteiger partial charge in [-0.3, -0.25) is 14.7 Å². The maximum atomic E-state index is 12.8. The summed E-state index contributed by atoms with van der Waals surface area (Å²) in [5.74, 6) is 0.0578. The van der Waals surface area contributed by atoms with Crippen molar-refractivity contribution >= 4 is 5.91 Å². The zero-order valence-electron chi connectivity index (χ0n) is 17.7. The van der Waals surface area contributed by atoms with E-state index in [1.54, 1.807) is 18.3 Å². The number of aromatic nitrogens is 1. The van der Waals surface area contributed by atoms with Gasteiger partial charge in [-0.05, 0) is 36.8 Å². The number of aromatic hydroxyl groups is 1. The van der Waals surface area contributed by atoms with Gasteiger partial charge < -0.3 is 15.2 Å². The minimum absolute atomic E-state index is 0.142. The van der Waals surface area contributed by atoms with Crippen molar-refractivity contribution in [2.24, 2.45) is 0 Å². The van der Waals surface area contributed by atoms with Gasteiger partial charge in [0.05, 0.1) is 24.5 Å². The molecule has 0 unspecified atom stereocenters. The SMILES string of the molecule is Cc1cccc(-c2ncc(C(=O)NCCN3CCOCC3)cc2-c2ccc(O)cc2)c1. The Morgan fingerprint density at radius 1 is 1.10 bits per heavy atom. The lowest BCUT2D eigenvalue weighted by Gasteiger charge is -2.26. The molecule has 4 rings (SSSR count). The molecule has 1 fully saturated rings. The number of ether oxygens (including phenoxy) is 1. The number of hydrogen-bond donors (Lipinski definition) is 2. The molecule has 6 heteroatoms. The maximum absolute atomic E-state index is 12.8. The lowest BCUT2D eigenvalue weighted by atomic mass is 9.97. The Labute approximate surface area is 182 Å². The van der Waals surface area contributed by atoms with Gasteiger partial charge in [-0.2, -0.15) is 0 Å². The zero-order valence-corrected chi connectivity index (χ0v) is 17.7. The summed E-state index contributed by atoms with van der Waals surface area (Å²) >= 11 is 0. The van der Waals surface area contributed by atoms with Gasteiger partial charge in [-0.25, -0.2) is 0 Å². The van der Waals surface area contributed by atoms with Crippen molar-refractivity contribution in [2.75, 3.05) is 39.4 Å². The normalized spacial score (nSPS) is 14.4. The molecule has 1 aliphatic heterocycles. The van der Waals surface area contributed by atoms with Crippen LogP contribution in [0.3, 0.4) is 0 Å². The number of amides is 1. The molecule has 2 N–H and O–H groups in total. The number of benzene rings is 2. The van der Waals surface area contributed by atoms with Crippen LogP contribution in [0, 0.1) is 6.92 Å². The molecule has 1 amide bonds. The van der Waals surface area contributed by atoms with Crippen molar-refractivity contribution < 1.29 is 14.6 Å². The molecule has 0 atom stereocenters. The van der Waals surface area contributed by atoms with Crippen LogP contribution in [0.1, 0.15) is 15.9 Å². The molecule has 160 valence electrons. The van der Waals surface area contributed by atoms with E-state index in [4.69, 9.17) is 4.74 Å². The molecule has 0 saturated carbocycles. The summed E-state index contributed by atoms with van der Waals surface area (Å²) in [6.07, 6.45) is 1.63. The Balaban J connectivity index is 1.58. The summed E-state index contributed by atoms with van der Waals surface area (Å²) in [4.78, 5) is 19.7. The number of nitrogens with one attached hydrogen (secondary N) is 1. The van der Waals surface area contributed by atoms with Gasteiger partial charge in [0, 0.05) is 43.5 Å². The molecule has 6 nitrogen and oxygen atoms in total. The van der Waals surface area contributed by atoms with Crippen LogP contribution in [0.15, 0.2) is 60.8 Å². The largest absolute Gasteiger partial charge is 0.508 e. The van der Waals surface area contributed by atoms with E-state index in [-0.39, 0.29) is 11.7 Å². The van der Waals surface area contributed by atoms with Crippen LogP contribution in [0.2, 0.25) is 0 Å². The average molecular weight is 418 g/mol. The first-order valence-corrected chi connectivity index (χ1v) is 10.5. The summed E-state index contributed by atoms with van der Waals surface area (Å²) in [5, 5.41) is 12.7. The van der Waals surface area contributed by atoms with Crippen LogP contribution in [-0.4, -0.2) is 60.3 Å². The van der Waals surface area contributed by atoms with Crippen molar-refractivity contribution in [3.63, 3.8) is 0 Å². The number of hydrogen-bond acceptors (Lipinski definition) is 5. The van der Waals surface area contributed by atoms with Crippen molar-refractivity contribution in [1.29, 1.82) is 0 Å². The predicted molar refractivity (Wildman–Crippen MR) is 121 cm³/mol. The first kappa shape index (κ1) is 21.0. The summed E-state index contributed by atoms with van der Waals surface area (Å²) < 4.78 is 5.36. The smallest absolute Gasteiger partial charge is 0.252 e. The monoisotopic (exact) mass is 417 g/mol. The lowest BCUT2D eigenvalue weighted by molar-refractivity contribution is 0.0383. The van der Waals surface area contributed by atoms with E-state index in [1.807, 2.05) is 43.3 Å². The third kappa shape index (κ3) is 5.29. The van der Waals surface area contributed by atoms with E-state index in [1.165, 1.54) is 0 Å². The van der Waals surface area contributed by atoms with E-state index < -0.39 is 0 Å². The lowest BCUT2D eigenvalue weighted by Crippen LogP contribution is -2.41. The topological polar surface area (TPSA) is 74.7 Å². The number of morpholine rings is 1. The second kappa shape index (κ2) is 9.73. The maximum Gasteiger partial charge on any atom is 0.252 e. The molecule has 1 aliphatic rings. The third-order valence-corrected chi connectivity index (χ3v) is 5.44. The predicted octanol–water partition coefficient (Wildman–Crippen LogP) is 3.49. The van der Waals surface area contributed by atoms with E-state index in [2.05, 4.69) is 21.3 Å². The van der Waals surface area contributed by atoms with Gasteiger partial charge in [0.2, 0.25) is 0 Å². The first-order valence-electron chi connectivity index (χ1n) is 10.5. The molecule has 0 bridgehead atoms. The number of phenolic OH excluding ortho intramolecular Hbond substituents is 1. The minimum Gasteiger partial charge on any atom is -0.508 e. The number of rotatable bonds is 6. The number of carbonyl (C=O) groups excluding carboxylic acids is 1. The molecule has 1 saturated heterocycles. The summed E-state index contributed by atoms with van der Waals surface area (Å²) in [7, 11) is 0. The molecule has 0 aliphatic carbocycles. The first-order chi connectivity index (χ1) is 15.1. The number of phenols is 1. The van der Waals surface area contributed by atoms with Crippen molar-refractivity contribution in [1.82, 2.24) is 15.2 Å². The van der Waals surface area contributed by atoms with Gasteiger partial charge in [-0.1, -0.05) is 35.9 Å². The fourth-order valence-electron chi connectivity index (χ4n) is 3.73. The standard InChI is InChI=1S/C25H27N3O3/c1-18-3-2-4-20(15-18)24-23(19-5-7-22(29)8-6-19)16-21(17-27-24)25(30)26-9-10-28-11-13-31-14-12-28/h2-8,15-17,29H,9-14H2,1H3,(H,26,30). The van der Waals surface area contributed by atoms with E-state index in [0.717, 1.165) is 60.8 Å². The van der Waals surface area contributed by atoms with Crippen molar-refractivity contribution in [2.45, 2.75) is 6.92 Å². The average Bonchev–Trinajstić information content (AvgIpc) is 2.80. The molecule has 2 aromatic carbocycles. The number of pyridine rings is 1. The van der Waals surface area contributed by atoms with Gasteiger partial charge in [0.15, 0.2) is 0 Å². The number of aryl methyl sites for hydroxylation is 1. The van der Waals surface area contributed by atoms with Gasteiger partial charge in [-0.15, -0.1) is 0 Å². The van der Waals surface area contributed by atoms with Gasteiger partial charge >= 0.3 is 0 Å². The highest BCUT2D eigenvalue weighted by molar-refractivity contribution is 5.96. The van der Waals surface area contributed by atoms with Crippen LogP contribution in [0.5, 0.6) is 5.75 Å². The Morgan fingerprint density at radius 2 is 1.87 bits per heavy atom. The molecule has 1 aromatic heterocycles.